The summed E-state index contributed by atoms with van der Waals surface area (Å²) in [5.74, 6) is 2.03. The minimum atomic E-state index is 0.304. The van der Waals surface area contributed by atoms with Gasteiger partial charge >= 0.3 is 0 Å². The molecule has 114 valence electrons. The van der Waals surface area contributed by atoms with Crippen LogP contribution in [-0.4, -0.2) is 42.3 Å². The van der Waals surface area contributed by atoms with E-state index in [0.717, 1.165) is 50.5 Å². The molecule has 1 atom stereocenters. The maximum Gasteiger partial charge on any atom is 0.118 e. The van der Waals surface area contributed by atoms with Gasteiger partial charge in [-0.3, -0.25) is 4.90 Å². The number of furan rings is 1. The maximum atomic E-state index is 9.37. The molecule has 0 spiro atoms. The van der Waals surface area contributed by atoms with E-state index in [2.05, 4.69) is 23.2 Å². The summed E-state index contributed by atoms with van der Waals surface area (Å²) in [7, 11) is 0. The number of nitrogens with one attached hydrogen (secondary N) is 1. The molecule has 2 N–H and O–H groups in total. The first-order valence-corrected chi connectivity index (χ1v) is 7.82. The van der Waals surface area contributed by atoms with Gasteiger partial charge in [-0.2, -0.15) is 0 Å². The van der Waals surface area contributed by atoms with Crippen molar-refractivity contribution in [3.8, 4) is 0 Å². The van der Waals surface area contributed by atoms with E-state index in [4.69, 9.17) is 4.42 Å². The maximum absolute atomic E-state index is 9.37. The van der Waals surface area contributed by atoms with Gasteiger partial charge in [-0.25, -0.2) is 0 Å². The fraction of sp³-hybridized carbons (Fsp3) is 0.750. The second kappa shape index (κ2) is 7.81. The first-order chi connectivity index (χ1) is 9.70. The van der Waals surface area contributed by atoms with Gasteiger partial charge < -0.3 is 14.8 Å². The Morgan fingerprint density at radius 1 is 1.40 bits per heavy atom. The number of nitrogens with zero attached hydrogens (tertiary/aromatic N) is 1. The first-order valence-electron chi connectivity index (χ1n) is 7.82. The van der Waals surface area contributed by atoms with E-state index in [-0.39, 0.29) is 0 Å². The van der Waals surface area contributed by atoms with Gasteiger partial charge in [0, 0.05) is 6.04 Å². The molecule has 2 heterocycles. The van der Waals surface area contributed by atoms with Crippen molar-refractivity contribution < 1.29 is 9.52 Å². The third-order valence-corrected chi connectivity index (χ3v) is 4.27. The van der Waals surface area contributed by atoms with E-state index in [1.807, 2.05) is 6.92 Å². The predicted molar refractivity (Wildman–Crippen MR) is 80.8 cm³/mol. The van der Waals surface area contributed by atoms with Crippen LogP contribution < -0.4 is 5.32 Å². The van der Waals surface area contributed by atoms with E-state index >= 15 is 0 Å². The van der Waals surface area contributed by atoms with Crippen LogP contribution in [0.2, 0.25) is 0 Å². The molecule has 2 rings (SSSR count). The van der Waals surface area contributed by atoms with Crippen LogP contribution in [-0.2, 0) is 6.54 Å². The molecule has 0 bridgehead atoms. The smallest absolute Gasteiger partial charge is 0.118 e. The van der Waals surface area contributed by atoms with Gasteiger partial charge in [0.05, 0.1) is 13.2 Å². The monoisotopic (exact) mass is 280 g/mol. The highest BCUT2D eigenvalue weighted by atomic mass is 16.3. The van der Waals surface area contributed by atoms with Crippen LogP contribution in [0.25, 0.3) is 0 Å². The highest BCUT2D eigenvalue weighted by molar-refractivity contribution is 5.18. The van der Waals surface area contributed by atoms with Crippen molar-refractivity contribution in [2.24, 2.45) is 0 Å². The quantitative estimate of drug-likeness (QED) is 0.752. The highest BCUT2D eigenvalue weighted by Crippen LogP contribution is 2.16. The number of hydrogen-bond donors (Lipinski definition) is 2. The summed E-state index contributed by atoms with van der Waals surface area (Å²) in [5, 5.41) is 12.8. The molecule has 4 nitrogen and oxygen atoms in total. The second-order valence-corrected chi connectivity index (χ2v) is 5.85. The third kappa shape index (κ3) is 4.33. The van der Waals surface area contributed by atoms with Gasteiger partial charge in [-0.05, 0) is 64.4 Å². The summed E-state index contributed by atoms with van der Waals surface area (Å²) in [6, 6.07) is 2.49. The summed E-state index contributed by atoms with van der Waals surface area (Å²) in [4.78, 5) is 2.44. The Morgan fingerprint density at radius 2 is 2.25 bits per heavy atom. The molecular formula is C16H28N2O2. The van der Waals surface area contributed by atoms with Crippen molar-refractivity contribution in [1.29, 1.82) is 0 Å². The lowest BCUT2D eigenvalue weighted by atomic mass is 10.0. The third-order valence-electron chi connectivity index (χ3n) is 4.27. The fourth-order valence-corrected chi connectivity index (χ4v) is 2.92. The molecule has 0 saturated carbocycles. The van der Waals surface area contributed by atoms with Gasteiger partial charge in [0.1, 0.15) is 11.5 Å². The standard InChI is InChI=1S/C16H28N2O2/c1-13-10-16(20-14(13)2)11-17-7-5-9-18-8-4-3-6-15(18)12-19/h10,15,17,19H,3-9,11-12H2,1-2H3. The van der Waals surface area contributed by atoms with Gasteiger partial charge in [-0.15, -0.1) is 0 Å². The molecule has 1 saturated heterocycles. The summed E-state index contributed by atoms with van der Waals surface area (Å²) < 4.78 is 5.64. The van der Waals surface area contributed by atoms with E-state index < -0.39 is 0 Å². The van der Waals surface area contributed by atoms with Crippen LogP contribution in [0, 0.1) is 13.8 Å². The lowest BCUT2D eigenvalue weighted by Crippen LogP contribution is -2.42. The average molecular weight is 280 g/mol. The number of aliphatic hydroxyl groups is 1. The Morgan fingerprint density at radius 3 is 2.95 bits per heavy atom. The summed E-state index contributed by atoms with van der Waals surface area (Å²) in [5.41, 5.74) is 1.22. The number of hydrogen-bond acceptors (Lipinski definition) is 4. The molecule has 0 aliphatic carbocycles. The normalized spacial score (nSPS) is 20.4. The predicted octanol–water partition coefficient (Wildman–Crippen LogP) is 2.22. The van der Waals surface area contributed by atoms with Crippen LogP contribution in [0.3, 0.4) is 0 Å². The Bertz CT molecular complexity index is 384. The molecule has 1 unspecified atom stereocenters. The second-order valence-electron chi connectivity index (χ2n) is 5.85. The Labute approximate surface area is 122 Å². The SMILES string of the molecule is Cc1cc(CNCCCN2CCCCC2CO)oc1C. The van der Waals surface area contributed by atoms with Crippen molar-refractivity contribution in [2.75, 3.05) is 26.2 Å². The zero-order chi connectivity index (χ0) is 14.4. The van der Waals surface area contributed by atoms with Crippen molar-refractivity contribution in [3.05, 3.63) is 23.2 Å². The molecule has 1 aromatic rings. The molecule has 0 radical (unpaired) electrons. The van der Waals surface area contributed by atoms with Crippen molar-refractivity contribution in [3.63, 3.8) is 0 Å². The molecule has 4 heteroatoms. The lowest BCUT2D eigenvalue weighted by molar-refractivity contribution is 0.0892. The van der Waals surface area contributed by atoms with Crippen LogP contribution in [0.5, 0.6) is 0 Å². The summed E-state index contributed by atoms with van der Waals surface area (Å²) in [6.45, 7) is 8.40. The van der Waals surface area contributed by atoms with Crippen molar-refractivity contribution >= 4 is 0 Å². The Hall–Kier alpha value is -0.840. The topological polar surface area (TPSA) is 48.6 Å². The Kier molecular flexibility index (Phi) is 6.07. The summed E-state index contributed by atoms with van der Waals surface area (Å²) >= 11 is 0. The lowest BCUT2D eigenvalue weighted by Gasteiger charge is -2.34. The molecule has 1 aromatic heterocycles. The number of likely N-dealkylation sites (tertiary alicyclic amines) is 1. The minimum Gasteiger partial charge on any atom is -0.465 e. The van der Waals surface area contributed by atoms with Crippen LogP contribution in [0.4, 0.5) is 0 Å². The minimum absolute atomic E-state index is 0.304. The Balaban J connectivity index is 1.61. The molecule has 0 amide bonds. The van der Waals surface area contributed by atoms with Crippen LogP contribution >= 0.6 is 0 Å². The first kappa shape index (κ1) is 15.5. The van der Waals surface area contributed by atoms with Gasteiger partial charge in [0.2, 0.25) is 0 Å². The number of rotatable bonds is 7. The molecule has 1 fully saturated rings. The van der Waals surface area contributed by atoms with Gasteiger partial charge in [0.25, 0.3) is 0 Å². The zero-order valence-electron chi connectivity index (χ0n) is 12.8. The van der Waals surface area contributed by atoms with Crippen molar-refractivity contribution in [2.45, 2.75) is 52.1 Å². The van der Waals surface area contributed by atoms with E-state index in [1.54, 1.807) is 0 Å². The number of aliphatic hydroxyl groups excluding tert-OH is 1. The van der Waals surface area contributed by atoms with E-state index in [9.17, 15) is 5.11 Å². The fourth-order valence-electron chi connectivity index (χ4n) is 2.92. The molecule has 1 aliphatic rings. The van der Waals surface area contributed by atoms with Crippen molar-refractivity contribution in [1.82, 2.24) is 10.2 Å². The number of piperidine rings is 1. The van der Waals surface area contributed by atoms with E-state index in [0.29, 0.717) is 12.6 Å². The van der Waals surface area contributed by atoms with Crippen LogP contribution in [0.15, 0.2) is 10.5 Å². The average Bonchev–Trinajstić information content (AvgIpc) is 2.78. The van der Waals surface area contributed by atoms with Gasteiger partial charge in [-0.1, -0.05) is 6.42 Å². The molecule has 0 aromatic carbocycles. The highest BCUT2D eigenvalue weighted by Gasteiger charge is 2.20. The molecule has 1 aliphatic heterocycles. The largest absolute Gasteiger partial charge is 0.465 e. The summed E-state index contributed by atoms with van der Waals surface area (Å²) in [6.07, 6.45) is 4.80. The zero-order valence-corrected chi connectivity index (χ0v) is 12.8. The van der Waals surface area contributed by atoms with E-state index in [1.165, 1.54) is 18.4 Å². The molecular weight excluding hydrogens is 252 g/mol. The number of aryl methyl sites for hydroxylation is 2. The van der Waals surface area contributed by atoms with Gasteiger partial charge in [0.15, 0.2) is 0 Å². The van der Waals surface area contributed by atoms with Crippen LogP contribution in [0.1, 0.15) is 42.8 Å². The molecule has 20 heavy (non-hydrogen) atoms.